The number of pyridine rings is 1. The minimum absolute atomic E-state index is 0.415. The smallest absolute Gasteiger partial charge is 0.205 e. The minimum atomic E-state index is -0.851. The quantitative estimate of drug-likeness (QED) is 0.128. The lowest BCUT2D eigenvalue weighted by Gasteiger charge is -2.34. The Morgan fingerprint density at radius 3 is 1.78 bits per heavy atom. The van der Waals surface area contributed by atoms with Gasteiger partial charge in [-0.25, -0.2) is 0 Å². The molecule has 0 aliphatic carbocycles. The third-order valence-electron chi connectivity index (χ3n) is 9.14. The maximum atomic E-state index is 6.35. The lowest BCUT2D eigenvalue weighted by atomic mass is 9.77. The van der Waals surface area contributed by atoms with Gasteiger partial charge in [0.15, 0.2) is 5.54 Å². The number of ether oxygens (including phenoxy) is 2. The van der Waals surface area contributed by atoms with Gasteiger partial charge in [0.1, 0.15) is 12.4 Å². The summed E-state index contributed by atoms with van der Waals surface area (Å²) in [6.07, 6.45) is 0. The maximum Gasteiger partial charge on any atom is 0.205 e. The average Bonchev–Trinajstić information content (AvgIpc) is 3.69. The fraction of sp³-hybridized carbons (Fsp3) is 0.0909. The Kier molecular flexibility index (Phi) is 8.85. The summed E-state index contributed by atoms with van der Waals surface area (Å²) >= 11 is 0. The van der Waals surface area contributed by atoms with Crippen LogP contribution in [-0.2, 0) is 23.5 Å². The van der Waals surface area contributed by atoms with E-state index in [1.807, 2.05) is 60.7 Å². The summed E-state index contributed by atoms with van der Waals surface area (Å²) in [6, 6.07) is 57.7. The van der Waals surface area contributed by atoms with Crippen molar-refractivity contribution in [2.24, 2.45) is 0 Å². The molecule has 0 radical (unpaired) electrons. The van der Waals surface area contributed by atoms with Crippen molar-refractivity contribution in [3.05, 3.63) is 198 Å². The largest absolute Gasteiger partial charge is 0.488 e. The molecule has 0 atom stereocenters. The first-order chi connectivity index (χ1) is 25.2. The van der Waals surface area contributed by atoms with Gasteiger partial charge in [0.05, 0.1) is 17.8 Å². The summed E-state index contributed by atoms with van der Waals surface area (Å²) in [4.78, 5) is 6.46. The van der Waals surface area contributed by atoms with Crippen molar-refractivity contribution in [3.8, 4) is 28.3 Å². The molecule has 248 valence electrons. The highest BCUT2D eigenvalue weighted by Crippen LogP contribution is 2.40. The normalized spacial score (nSPS) is 11.5. The molecule has 0 unspecified atom stereocenters. The van der Waals surface area contributed by atoms with E-state index in [0.717, 1.165) is 61.3 Å². The third-order valence-corrected chi connectivity index (χ3v) is 9.14. The third kappa shape index (κ3) is 6.16. The van der Waals surface area contributed by atoms with Crippen LogP contribution in [0.3, 0.4) is 0 Å². The second kappa shape index (κ2) is 14.2. The average molecular weight is 666 g/mol. The number of benzene rings is 6. The molecule has 0 saturated heterocycles. The fourth-order valence-corrected chi connectivity index (χ4v) is 6.76. The van der Waals surface area contributed by atoms with Crippen LogP contribution < -0.4 is 4.74 Å². The van der Waals surface area contributed by atoms with Gasteiger partial charge in [-0.3, -0.25) is 4.98 Å². The molecule has 0 saturated carbocycles. The van der Waals surface area contributed by atoms with Crippen LogP contribution in [0, 0.1) is 0 Å². The highest BCUT2D eigenvalue weighted by Gasteiger charge is 2.41. The van der Waals surface area contributed by atoms with Crippen LogP contribution in [-0.4, -0.2) is 32.3 Å². The van der Waals surface area contributed by atoms with Gasteiger partial charge in [-0.2, -0.15) is 0 Å². The Hall–Kier alpha value is -6.44. The minimum Gasteiger partial charge on any atom is -0.488 e. The molecule has 0 fully saturated rings. The first kappa shape index (κ1) is 31.8. The molecule has 0 aliphatic heterocycles. The molecule has 2 aromatic heterocycles. The van der Waals surface area contributed by atoms with Gasteiger partial charge in [0.25, 0.3) is 0 Å². The monoisotopic (exact) mass is 665 g/mol. The van der Waals surface area contributed by atoms with Gasteiger partial charge in [-0.15, -0.1) is 15.0 Å². The van der Waals surface area contributed by atoms with Gasteiger partial charge in [-0.1, -0.05) is 152 Å². The maximum absolute atomic E-state index is 6.35. The molecule has 0 amide bonds. The van der Waals surface area contributed by atoms with Crippen molar-refractivity contribution in [1.82, 2.24) is 25.2 Å². The molecule has 0 N–H and O–H groups in total. The van der Waals surface area contributed by atoms with E-state index in [0.29, 0.717) is 19.0 Å². The van der Waals surface area contributed by atoms with E-state index in [2.05, 4.69) is 109 Å². The molecule has 7 heteroatoms. The topological polar surface area (TPSA) is 75.0 Å². The Morgan fingerprint density at radius 1 is 0.588 bits per heavy atom. The fourth-order valence-electron chi connectivity index (χ4n) is 6.76. The molecule has 0 bridgehead atoms. The Balaban J connectivity index is 1.13. The van der Waals surface area contributed by atoms with Crippen LogP contribution in [0.15, 0.2) is 170 Å². The van der Waals surface area contributed by atoms with E-state index in [1.165, 1.54) is 0 Å². The predicted octanol–water partition coefficient (Wildman–Crippen LogP) is 9.12. The van der Waals surface area contributed by atoms with Crippen molar-refractivity contribution in [2.45, 2.75) is 18.8 Å². The van der Waals surface area contributed by atoms with Crippen molar-refractivity contribution in [3.63, 3.8) is 0 Å². The van der Waals surface area contributed by atoms with E-state index < -0.39 is 5.54 Å². The standard InChI is InChI=1S/C44H35N5O2/c1-50-31-37-29-42(40-23-13-14-24-41(40)45-37)51-30-32-25-27-33(28-26-32)38-21-11-12-22-39(38)43-46-48-49(47-43)44(34-15-5-2-6-16-34,35-17-7-3-8-18-35)36-19-9-4-10-20-36/h2-29H,30-31H2,1H3. The SMILES string of the molecule is COCc1cc(OCc2ccc(-c3ccccc3-c3nnn(C(c4ccccc4)(c4ccccc4)c4ccccc4)n3)cc2)c2ccccc2n1. The van der Waals surface area contributed by atoms with Crippen LogP contribution in [0.1, 0.15) is 27.9 Å². The summed E-state index contributed by atoms with van der Waals surface area (Å²) in [5.41, 5.74) is 7.96. The molecule has 2 heterocycles. The lowest BCUT2D eigenvalue weighted by molar-refractivity contribution is 0.181. The Morgan fingerprint density at radius 2 is 1.16 bits per heavy atom. The van der Waals surface area contributed by atoms with Crippen molar-refractivity contribution >= 4 is 10.9 Å². The number of fused-ring (bicyclic) bond motifs is 1. The van der Waals surface area contributed by atoms with E-state index in [9.17, 15) is 0 Å². The summed E-state index contributed by atoms with van der Waals surface area (Å²) < 4.78 is 11.7. The zero-order chi connectivity index (χ0) is 34.5. The lowest BCUT2D eigenvalue weighted by Crippen LogP contribution is -2.39. The summed E-state index contributed by atoms with van der Waals surface area (Å²) in [5, 5.41) is 15.6. The number of tetrazole rings is 1. The predicted molar refractivity (Wildman–Crippen MR) is 200 cm³/mol. The van der Waals surface area contributed by atoms with Gasteiger partial charge in [-0.05, 0) is 50.7 Å². The molecular weight excluding hydrogens is 631 g/mol. The molecule has 7 nitrogen and oxygen atoms in total. The number of nitrogens with zero attached hydrogens (tertiary/aromatic N) is 5. The first-order valence-electron chi connectivity index (χ1n) is 16.9. The molecule has 0 spiro atoms. The summed E-state index contributed by atoms with van der Waals surface area (Å²) in [7, 11) is 1.67. The van der Waals surface area contributed by atoms with Gasteiger partial charge in [0.2, 0.25) is 5.82 Å². The second-order valence-corrected chi connectivity index (χ2v) is 12.3. The van der Waals surface area contributed by atoms with Crippen LogP contribution >= 0.6 is 0 Å². The number of methoxy groups -OCH3 is 1. The number of hydrogen-bond donors (Lipinski definition) is 0. The summed E-state index contributed by atoms with van der Waals surface area (Å²) in [5.74, 6) is 1.33. The first-order valence-corrected chi connectivity index (χ1v) is 16.9. The molecule has 8 rings (SSSR count). The zero-order valence-corrected chi connectivity index (χ0v) is 28.1. The molecule has 6 aromatic carbocycles. The van der Waals surface area contributed by atoms with Gasteiger partial charge >= 0.3 is 0 Å². The van der Waals surface area contributed by atoms with Crippen LogP contribution in [0.5, 0.6) is 5.75 Å². The zero-order valence-electron chi connectivity index (χ0n) is 28.1. The number of rotatable bonds is 11. The number of hydrogen-bond acceptors (Lipinski definition) is 6. The van der Waals surface area contributed by atoms with Crippen molar-refractivity contribution in [2.75, 3.05) is 7.11 Å². The van der Waals surface area contributed by atoms with Crippen molar-refractivity contribution in [1.29, 1.82) is 0 Å². The summed E-state index contributed by atoms with van der Waals surface area (Å²) in [6.45, 7) is 0.836. The highest BCUT2D eigenvalue weighted by atomic mass is 16.5. The van der Waals surface area contributed by atoms with Crippen LogP contribution in [0.25, 0.3) is 33.4 Å². The molecule has 0 aliphatic rings. The van der Waals surface area contributed by atoms with E-state index in [1.54, 1.807) is 11.9 Å². The molecule has 8 aromatic rings. The Labute approximate surface area is 296 Å². The van der Waals surface area contributed by atoms with E-state index >= 15 is 0 Å². The van der Waals surface area contributed by atoms with E-state index in [-0.39, 0.29) is 0 Å². The second-order valence-electron chi connectivity index (χ2n) is 12.3. The van der Waals surface area contributed by atoms with Crippen LogP contribution in [0.4, 0.5) is 0 Å². The van der Waals surface area contributed by atoms with Crippen LogP contribution in [0.2, 0.25) is 0 Å². The van der Waals surface area contributed by atoms with Gasteiger partial charge in [0, 0.05) is 24.1 Å². The van der Waals surface area contributed by atoms with Gasteiger partial charge < -0.3 is 9.47 Å². The number of aromatic nitrogens is 5. The van der Waals surface area contributed by atoms with Crippen molar-refractivity contribution < 1.29 is 9.47 Å². The van der Waals surface area contributed by atoms with E-state index in [4.69, 9.17) is 29.9 Å². The molecule has 51 heavy (non-hydrogen) atoms. The number of para-hydroxylation sites is 1. The Bertz CT molecular complexity index is 2280. The molecular formula is C44H35N5O2. The highest BCUT2D eigenvalue weighted by molar-refractivity contribution is 5.85.